The number of fused-ring (bicyclic) bond motifs is 1. The van der Waals surface area contributed by atoms with E-state index in [1.807, 2.05) is 39.0 Å². The summed E-state index contributed by atoms with van der Waals surface area (Å²) < 4.78 is 5.24. The highest BCUT2D eigenvalue weighted by molar-refractivity contribution is 5.68. The molecular formula is C18H25N3O4. The molecule has 1 fully saturated rings. The summed E-state index contributed by atoms with van der Waals surface area (Å²) >= 11 is 0. The van der Waals surface area contributed by atoms with Gasteiger partial charge in [0.1, 0.15) is 5.60 Å². The molecule has 7 nitrogen and oxygen atoms in total. The third-order valence-electron chi connectivity index (χ3n) is 3.74. The first kappa shape index (κ1) is 18.9. The van der Waals surface area contributed by atoms with Crippen molar-refractivity contribution in [3.05, 3.63) is 45.5 Å². The molecule has 0 atom stereocenters. The monoisotopic (exact) mass is 347 g/mol. The first-order valence-corrected chi connectivity index (χ1v) is 8.39. The maximum atomic E-state index is 11.5. The van der Waals surface area contributed by atoms with E-state index in [4.69, 9.17) is 4.74 Å². The summed E-state index contributed by atoms with van der Waals surface area (Å²) in [4.78, 5) is 23.2. The third-order valence-corrected chi connectivity index (χ3v) is 3.74. The van der Waals surface area contributed by atoms with Crippen molar-refractivity contribution in [2.75, 3.05) is 26.2 Å². The molecule has 1 saturated heterocycles. The Morgan fingerprint density at radius 2 is 1.96 bits per heavy atom. The van der Waals surface area contributed by atoms with Crippen molar-refractivity contribution in [1.29, 1.82) is 0 Å². The minimum Gasteiger partial charge on any atom is -0.444 e. The lowest BCUT2D eigenvalue weighted by Crippen LogP contribution is -2.48. The van der Waals surface area contributed by atoms with Crippen LogP contribution in [0.2, 0.25) is 0 Å². The summed E-state index contributed by atoms with van der Waals surface area (Å²) in [6, 6.07) is 4.97. The summed E-state index contributed by atoms with van der Waals surface area (Å²) in [5.74, 6) is 0. The first-order chi connectivity index (χ1) is 11.8. The number of nitrogens with zero attached hydrogens (tertiary/aromatic N) is 2. The first-order valence-electron chi connectivity index (χ1n) is 8.39. The molecule has 0 unspecified atom stereocenters. The highest BCUT2D eigenvalue weighted by Crippen LogP contribution is 2.23. The lowest BCUT2D eigenvalue weighted by Gasteiger charge is -2.30. The molecule has 1 aliphatic heterocycles. The number of nitro groups is 1. The van der Waals surface area contributed by atoms with Gasteiger partial charge in [-0.3, -0.25) is 10.1 Å². The van der Waals surface area contributed by atoms with Crippen LogP contribution in [-0.4, -0.2) is 47.7 Å². The van der Waals surface area contributed by atoms with Crippen LogP contribution >= 0.6 is 0 Å². The number of piperazine rings is 1. The molecule has 1 amide bonds. The molecule has 1 aromatic rings. The number of nitrogens with one attached hydrogen (secondary N) is 1. The Hall–Kier alpha value is -2.41. The number of rotatable bonds is 1. The van der Waals surface area contributed by atoms with E-state index in [9.17, 15) is 14.9 Å². The molecule has 0 spiro atoms. The molecule has 2 aliphatic rings. The average Bonchev–Trinajstić information content (AvgIpc) is 3.02. The predicted octanol–water partition coefficient (Wildman–Crippen LogP) is 2.99. The highest BCUT2D eigenvalue weighted by Gasteiger charge is 2.22. The molecule has 25 heavy (non-hydrogen) atoms. The predicted molar refractivity (Wildman–Crippen MR) is 96.5 cm³/mol. The maximum absolute atomic E-state index is 11.5. The van der Waals surface area contributed by atoms with Crippen LogP contribution < -0.4 is 5.32 Å². The van der Waals surface area contributed by atoms with Crippen LogP contribution in [0.4, 0.5) is 10.5 Å². The number of non-ortho nitro benzene ring substituents is 1. The number of amides is 1. The van der Waals surface area contributed by atoms with Gasteiger partial charge in [0, 0.05) is 38.3 Å². The zero-order valence-electron chi connectivity index (χ0n) is 14.9. The topological polar surface area (TPSA) is 84.7 Å². The van der Waals surface area contributed by atoms with E-state index in [2.05, 4.69) is 5.32 Å². The van der Waals surface area contributed by atoms with Crippen molar-refractivity contribution in [2.24, 2.45) is 0 Å². The molecule has 136 valence electrons. The van der Waals surface area contributed by atoms with Crippen molar-refractivity contribution in [2.45, 2.75) is 32.8 Å². The fraction of sp³-hybridized carbons (Fsp3) is 0.500. The van der Waals surface area contributed by atoms with Crippen LogP contribution in [0.15, 0.2) is 24.3 Å². The van der Waals surface area contributed by atoms with Crippen LogP contribution in [-0.2, 0) is 11.2 Å². The zero-order chi connectivity index (χ0) is 18.4. The second-order valence-corrected chi connectivity index (χ2v) is 6.96. The molecule has 0 saturated carbocycles. The molecule has 0 bridgehead atoms. The largest absolute Gasteiger partial charge is 0.444 e. The number of ether oxygens (including phenoxy) is 1. The van der Waals surface area contributed by atoms with Gasteiger partial charge in [-0.1, -0.05) is 18.2 Å². The number of hydrogen-bond donors (Lipinski definition) is 1. The van der Waals surface area contributed by atoms with Gasteiger partial charge in [-0.05, 0) is 38.3 Å². The van der Waals surface area contributed by atoms with E-state index >= 15 is 0 Å². The van der Waals surface area contributed by atoms with Gasteiger partial charge in [0.05, 0.1) is 4.92 Å². The minimum absolute atomic E-state index is 0.167. The Bertz CT molecular complexity index is 659. The Morgan fingerprint density at radius 1 is 1.28 bits per heavy atom. The highest BCUT2D eigenvalue weighted by atomic mass is 16.6. The molecule has 1 aliphatic carbocycles. The van der Waals surface area contributed by atoms with E-state index in [1.54, 1.807) is 17.0 Å². The maximum Gasteiger partial charge on any atom is 0.410 e. The normalized spacial score (nSPS) is 15.9. The fourth-order valence-corrected chi connectivity index (χ4v) is 2.52. The van der Waals surface area contributed by atoms with Crippen LogP contribution in [0.3, 0.4) is 0 Å². The molecule has 1 aromatic carbocycles. The van der Waals surface area contributed by atoms with Gasteiger partial charge >= 0.3 is 6.09 Å². The fourth-order valence-electron chi connectivity index (χ4n) is 2.52. The van der Waals surface area contributed by atoms with Gasteiger partial charge in [0.15, 0.2) is 0 Å². The summed E-state index contributed by atoms with van der Waals surface area (Å²) in [7, 11) is 0. The molecule has 1 N–H and O–H groups in total. The van der Waals surface area contributed by atoms with Crippen LogP contribution in [0.1, 0.15) is 31.9 Å². The summed E-state index contributed by atoms with van der Waals surface area (Å²) in [5, 5.41) is 13.6. The smallest absolute Gasteiger partial charge is 0.410 e. The zero-order valence-corrected chi connectivity index (χ0v) is 14.9. The molecule has 0 aromatic heterocycles. The van der Waals surface area contributed by atoms with Crippen LogP contribution in [0.25, 0.3) is 6.08 Å². The molecule has 1 heterocycles. The van der Waals surface area contributed by atoms with Crippen molar-refractivity contribution in [3.63, 3.8) is 0 Å². The van der Waals surface area contributed by atoms with E-state index in [-0.39, 0.29) is 22.3 Å². The van der Waals surface area contributed by atoms with Crippen molar-refractivity contribution < 1.29 is 14.5 Å². The van der Waals surface area contributed by atoms with Gasteiger partial charge in [0.25, 0.3) is 5.69 Å². The third kappa shape index (κ3) is 5.86. The molecule has 3 rings (SSSR count). The lowest BCUT2D eigenvalue weighted by molar-refractivity contribution is -0.384. The Morgan fingerprint density at radius 3 is 2.56 bits per heavy atom. The SMILES string of the molecule is CC(C)(C)OC(=O)N1CCNCC1.O=[N+]([O-])c1ccc2c(c1)C=CC2. The van der Waals surface area contributed by atoms with Crippen LogP contribution in [0, 0.1) is 10.1 Å². The average molecular weight is 347 g/mol. The van der Waals surface area contributed by atoms with E-state index in [1.165, 1.54) is 5.56 Å². The second-order valence-electron chi connectivity index (χ2n) is 6.96. The Kier molecular flexibility index (Phi) is 6.14. The number of carbonyl (C=O) groups is 1. The van der Waals surface area contributed by atoms with Gasteiger partial charge in [0.2, 0.25) is 0 Å². The van der Waals surface area contributed by atoms with Crippen LogP contribution in [0.5, 0.6) is 0 Å². The Balaban J connectivity index is 0.000000181. The minimum atomic E-state index is -0.387. The number of carbonyl (C=O) groups excluding carboxylic acids is 1. The molecule has 7 heteroatoms. The van der Waals surface area contributed by atoms with Gasteiger partial charge in [-0.25, -0.2) is 4.79 Å². The summed E-state index contributed by atoms with van der Waals surface area (Å²) in [5.41, 5.74) is 1.92. The number of benzene rings is 1. The van der Waals surface area contributed by atoms with Gasteiger partial charge < -0.3 is 15.0 Å². The number of allylic oxidation sites excluding steroid dienone is 1. The lowest BCUT2D eigenvalue weighted by atomic mass is 10.1. The second kappa shape index (κ2) is 8.11. The summed E-state index contributed by atoms with van der Waals surface area (Å²) in [6.07, 6.45) is 4.62. The number of hydrogen-bond acceptors (Lipinski definition) is 5. The van der Waals surface area contributed by atoms with Gasteiger partial charge in [-0.15, -0.1) is 0 Å². The van der Waals surface area contributed by atoms with Crippen molar-refractivity contribution in [3.8, 4) is 0 Å². The summed E-state index contributed by atoms with van der Waals surface area (Å²) in [6.45, 7) is 8.86. The Labute approximate surface area is 147 Å². The van der Waals surface area contributed by atoms with E-state index in [0.717, 1.165) is 38.2 Å². The van der Waals surface area contributed by atoms with E-state index in [0.29, 0.717) is 0 Å². The molecule has 0 radical (unpaired) electrons. The standard InChI is InChI=1S/C9H18N2O2.C9H7NO2/c1-9(2,3)13-8(12)11-6-4-10-5-7-11;11-10(12)9-5-4-7-2-1-3-8(7)6-9/h10H,4-7H2,1-3H3;1,3-6H,2H2. The number of nitro benzene ring substituents is 1. The van der Waals surface area contributed by atoms with E-state index < -0.39 is 0 Å². The molecular weight excluding hydrogens is 322 g/mol. The van der Waals surface area contributed by atoms with Gasteiger partial charge in [-0.2, -0.15) is 0 Å². The quantitative estimate of drug-likeness (QED) is 0.623. The van der Waals surface area contributed by atoms with Crippen molar-refractivity contribution >= 4 is 17.9 Å². The van der Waals surface area contributed by atoms with Crippen molar-refractivity contribution in [1.82, 2.24) is 10.2 Å².